The number of methoxy groups -OCH3 is 1. The van der Waals surface area contributed by atoms with Gasteiger partial charge in [0.1, 0.15) is 17.0 Å². The molecule has 29 heavy (non-hydrogen) atoms. The van der Waals surface area contributed by atoms with Crippen LogP contribution in [0.3, 0.4) is 0 Å². The number of hydrogen-bond acceptors (Lipinski definition) is 6. The van der Waals surface area contributed by atoms with Gasteiger partial charge in [0.05, 0.1) is 16.8 Å². The van der Waals surface area contributed by atoms with Crippen LogP contribution in [-0.2, 0) is 4.79 Å². The fourth-order valence-corrected chi connectivity index (χ4v) is 3.89. The molecule has 0 bridgehead atoms. The highest BCUT2D eigenvalue weighted by Crippen LogP contribution is 2.38. The molecule has 1 amide bonds. The zero-order chi connectivity index (χ0) is 20.1. The van der Waals surface area contributed by atoms with E-state index in [-0.39, 0.29) is 24.9 Å². The molecule has 1 heterocycles. The molecule has 6 nitrogen and oxygen atoms in total. The summed E-state index contributed by atoms with van der Waals surface area (Å²) in [6.45, 7) is 1.11. The molecule has 0 fully saturated rings. The summed E-state index contributed by atoms with van der Waals surface area (Å²) in [5.74, 6) is 1.11. The van der Waals surface area contributed by atoms with E-state index in [9.17, 15) is 4.79 Å². The minimum absolute atomic E-state index is 0. The molecule has 0 radical (unpaired) electrons. The molecule has 0 saturated carbocycles. The quantitative estimate of drug-likeness (QED) is 0.505. The fourth-order valence-electron chi connectivity index (χ4n) is 2.59. The molecule has 3 rings (SSSR count). The van der Waals surface area contributed by atoms with Crippen LogP contribution >= 0.6 is 35.3 Å². The Bertz CT molecular complexity index is 951. The van der Waals surface area contributed by atoms with E-state index < -0.39 is 0 Å². The summed E-state index contributed by atoms with van der Waals surface area (Å²) < 4.78 is 11.8. The van der Waals surface area contributed by atoms with Crippen LogP contribution < -0.4 is 14.4 Å². The number of nitrogens with zero attached hydrogens (tertiary/aromatic N) is 3. The topological polar surface area (TPSA) is 54.9 Å². The Kier molecular flexibility index (Phi) is 8.52. The van der Waals surface area contributed by atoms with Crippen molar-refractivity contribution in [1.82, 2.24) is 9.88 Å². The van der Waals surface area contributed by atoms with Crippen LogP contribution in [0, 0.1) is 0 Å². The van der Waals surface area contributed by atoms with E-state index in [2.05, 4.69) is 4.98 Å². The summed E-state index contributed by atoms with van der Waals surface area (Å²) in [5, 5.41) is 1.16. The van der Waals surface area contributed by atoms with E-state index >= 15 is 0 Å². The lowest BCUT2D eigenvalue weighted by molar-refractivity contribution is -0.120. The Hall–Kier alpha value is -2.06. The summed E-state index contributed by atoms with van der Waals surface area (Å²) >= 11 is 7.70. The van der Waals surface area contributed by atoms with Gasteiger partial charge in [0.2, 0.25) is 0 Å². The molecular weight excluding hydrogens is 433 g/mol. The first kappa shape index (κ1) is 23.2. The molecule has 0 N–H and O–H groups in total. The number of benzene rings is 2. The largest absolute Gasteiger partial charge is 0.494 e. The van der Waals surface area contributed by atoms with Gasteiger partial charge in [0, 0.05) is 13.1 Å². The van der Waals surface area contributed by atoms with Gasteiger partial charge in [0.15, 0.2) is 11.7 Å². The lowest BCUT2D eigenvalue weighted by Crippen LogP contribution is -2.39. The Balaban J connectivity index is 0.00000300. The number of carbonyl (C=O) groups is 1. The van der Waals surface area contributed by atoms with Crippen molar-refractivity contribution in [2.45, 2.75) is 0 Å². The number of hydrogen-bond donors (Lipinski definition) is 0. The standard InChI is InChI=1S/C20H22ClN3O3S.ClH/c1-23(2)11-12-24(17(25)13-27-14-7-5-4-6-8-14)20-22-18-16(26-3)10-9-15(21)19(18)28-20;/h4-10H,11-13H2,1-3H3;1H. The predicted octanol–water partition coefficient (Wildman–Crippen LogP) is 4.35. The predicted molar refractivity (Wildman–Crippen MR) is 121 cm³/mol. The maximum absolute atomic E-state index is 12.9. The van der Waals surface area contributed by atoms with Gasteiger partial charge in [-0.1, -0.05) is 41.1 Å². The average molecular weight is 456 g/mol. The van der Waals surface area contributed by atoms with Gasteiger partial charge < -0.3 is 14.4 Å². The van der Waals surface area contributed by atoms with E-state index in [1.807, 2.05) is 49.3 Å². The van der Waals surface area contributed by atoms with Gasteiger partial charge in [0.25, 0.3) is 5.91 Å². The maximum atomic E-state index is 12.9. The van der Waals surface area contributed by atoms with Gasteiger partial charge in [-0.15, -0.1) is 12.4 Å². The van der Waals surface area contributed by atoms with Crippen LogP contribution in [0.25, 0.3) is 10.2 Å². The Morgan fingerprint density at radius 3 is 2.52 bits per heavy atom. The molecule has 0 spiro atoms. The average Bonchev–Trinajstić information content (AvgIpc) is 3.13. The van der Waals surface area contributed by atoms with Gasteiger partial charge >= 0.3 is 0 Å². The van der Waals surface area contributed by atoms with E-state index in [1.54, 1.807) is 24.1 Å². The van der Waals surface area contributed by atoms with Crippen molar-refractivity contribution >= 4 is 56.6 Å². The van der Waals surface area contributed by atoms with Crippen molar-refractivity contribution in [1.29, 1.82) is 0 Å². The van der Waals surface area contributed by atoms with Crippen molar-refractivity contribution in [3.05, 3.63) is 47.5 Å². The number of ether oxygens (including phenoxy) is 2. The monoisotopic (exact) mass is 455 g/mol. The van der Waals surface area contributed by atoms with Gasteiger partial charge in [-0.25, -0.2) is 4.98 Å². The SMILES string of the molecule is COc1ccc(Cl)c2sc(N(CCN(C)C)C(=O)COc3ccccc3)nc12.Cl. The molecule has 1 aromatic heterocycles. The zero-order valence-corrected chi connectivity index (χ0v) is 18.8. The van der Waals surface area contributed by atoms with Gasteiger partial charge in [-0.05, 0) is 38.4 Å². The summed E-state index contributed by atoms with van der Waals surface area (Å²) in [6.07, 6.45) is 0. The first-order valence-electron chi connectivity index (χ1n) is 8.75. The molecule has 3 aromatic rings. The molecule has 2 aromatic carbocycles. The molecule has 9 heteroatoms. The Morgan fingerprint density at radius 1 is 1.14 bits per heavy atom. The lowest BCUT2D eigenvalue weighted by Gasteiger charge is -2.22. The van der Waals surface area contributed by atoms with Crippen LogP contribution in [0.1, 0.15) is 0 Å². The van der Waals surface area contributed by atoms with Crippen molar-refractivity contribution in [2.75, 3.05) is 45.8 Å². The summed E-state index contributed by atoms with van der Waals surface area (Å²) in [4.78, 5) is 21.2. The molecular formula is C20H23Cl2N3O3S. The molecule has 0 unspecified atom stereocenters. The van der Waals surface area contributed by atoms with E-state index in [4.69, 9.17) is 21.1 Å². The highest BCUT2D eigenvalue weighted by Gasteiger charge is 2.22. The Labute approximate surface area is 185 Å². The van der Waals surface area contributed by atoms with Crippen LogP contribution in [0.5, 0.6) is 11.5 Å². The number of carbonyl (C=O) groups excluding carboxylic acids is 1. The zero-order valence-electron chi connectivity index (χ0n) is 16.4. The lowest BCUT2D eigenvalue weighted by atomic mass is 10.3. The smallest absolute Gasteiger partial charge is 0.266 e. The number of rotatable bonds is 8. The number of para-hydroxylation sites is 1. The highest BCUT2D eigenvalue weighted by atomic mass is 35.5. The third-order valence-electron chi connectivity index (χ3n) is 4.08. The second-order valence-electron chi connectivity index (χ2n) is 6.37. The van der Waals surface area contributed by atoms with Crippen molar-refractivity contribution < 1.29 is 14.3 Å². The minimum atomic E-state index is -0.167. The van der Waals surface area contributed by atoms with Crippen LogP contribution in [0.4, 0.5) is 5.13 Å². The Morgan fingerprint density at radius 2 is 1.86 bits per heavy atom. The number of anilines is 1. The number of halogens is 2. The first-order valence-corrected chi connectivity index (χ1v) is 9.95. The normalized spacial score (nSPS) is 10.7. The van der Waals surface area contributed by atoms with Crippen molar-refractivity contribution in [3.63, 3.8) is 0 Å². The third kappa shape index (κ3) is 5.73. The molecule has 0 aliphatic heterocycles. The number of fused-ring (bicyclic) bond motifs is 1. The summed E-state index contributed by atoms with van der Waals surface area (Å²) in [6, 6.07) is 12.8. The van der Waals surface area contributed by atoms with Gasteiger partial charge in [-0.2, -0.15) is 0 Å². The molecule has 0 aliphatic rings. The number of likely N-dealkylation sites (N-methyl/N-ethyl adjacent to an activating group) is 1. The highest BCUT2D eigenvalue weighted by molar-refractivity contribution is 7.23. The molecule has 156 valence electrons. The van der Waals surface area contributed by atoms with Crippen LogP contribution in [0.15, 0.2) is 42.5 Å². The second-order valence-corrected chi connectivity index (χ2v) is 7.76. The fraction of sp³-hybridized carbons (Fsp3) is 0.300. The minimum Gasteiger partial charge on any atom is -0.494 e. The number of thiazole rings is 1. The van der Waals surface area contributed by atoms with Gasteiger partial charge in [-0.3, -0.25) is 9.69 Å². The second kappa shape index (κ2) is 10.6. The van der Waals surface area contributed by atoms with Crippen LogP contribution in [-0.4, -0.2) is 56.7 Å². The molecule has 0 aliphatic carbocycles. The number of amides is 1. The van der Waals surface area contributed by atoms with E-state index in [0.29, 0.717) is 40.3 Å². The summed E-state index contributed by atoms with van der Waals surface area (Å²) in [7, 11) is 5.51. The van der Waals surface area contributed by atoms with E-state index in [1.165, 1.54) is 11.3 Å². The third-order valence-corrected chi connectivity index (χ3v) is 5.61. The first-order chi connectivity index (χ1) is 13.5. The van der Waals surface area contributed by atoms with Crippen LogP contribution in [0.2, 0.25) is 5.02 Å². The van der Waals surface area contributed by atoms with E-state index in [0.717, 1.165) is 4.70 Å². The maximum Gasteiger partial charge on any atom is 0.266 e. The molecule has 0 atom stereocenters. The van der Waals surface area contributed by atoms with Crippen molar-refractivity contribution in [2.24, 2.45) is 0 Å². The van der Waals surface area contributed by atoms with Crippen molar-refractivity contribution in [3.8, 4) is 11.5 Å². The number of aromatic nitrogens is 1. The summed E-state index contributed by atoms with van der Waals surface area (Å²) in [5.41, 5.74) is 0.654. The molecule has 0 saturated heterocycles.